The highest BCUT2D eigenvalue weighted by molar-refractivity contribution is 6.36. The molecule has 11 heteroatoms. The maximum atomic E-state index is 14.7. The van der Waals surface area contributed by atoms with Gasteiger partial charge in [-0.25, -0.2) is 9.97 Å². The number of aromatic nitrogens is 4. The van der Waals surface area contributed by atoms with Crippen molar-refractivity contribution in [3.8, 4) is 0 Å². The van der Waals surface area contributed by atoms with Gasteiger partial charge in [-0.2, -0.15) is 22.0 Å². The molecule has 0 bridgehead atoms. The van der Waals surface area contributed by atoms with Gasteiger partial charge in [-0.3, -0.25) is 4.98 Å². The first-order chi connectivity index (χ1) is 18.8. The second-order valence-corrected chi connectivity index (χ2v) is 9.94. The standard InChI is InChI=1S/C29H22ClF5N4O/c1-27(31,32)26-21(12-17-6-4-3-5-7-17)25(30)20-13-18(8-10-22(20)38-26)28(40,24-15-36-16-39(24)2)19-9-11-23(37-14-19)29(33,34)35/h3-11,13-16,40H,12H2,1-2H3. The molecule has 5 rings (SSSR count). The number of nitrogens with zero attached hydrogens (tertiary/aromatic N) is 4. The first kappa shape index (κ1) is 27.7. The Morgan fingerprint density at radius 3 is 2.20 bits per heavy atom. The van der Waals surface area contributed by atoms with Crippen molar-refractivity contribution in [1.29, 1.82) is 0 Å². The number of hydrogen-bond acceptors (Lipinski definition) is 4. The summed E-state index contributed by atoms with van der Waals surface area (Å²) in [6, 6.07) is 15.3. The summed E-state index contributed by atoms with van der Waals surface area (Å²) in [5, 5.41) is 12.5. The van der Waals surface area contributed by atoms with Gasteiger partial charge < -0.3 is 9.67 Å². The maximum Gasteiger partial charge on any atom is 0.433 e. The Kier molecular flexibility index (Phi) is 6.87. The highest BCUT2D eigenvalue weighted by Gasteiger charge is 2.39. The number of halogens is 6. The van der Waals surface area contributed by atoms with E-state index in [1.807, 2.05) is 0 Å². The Morgan fingerprint density at radius 1 is 0.925 bits per heavy atom. The van der Waals surface area contributed by atoms with E-state index in [1.54, 1.807) is 37.4 Å². The van der Waals surface area contributed by atoms with Gasteiger partial charge in [0.2, 0.25) is 0 Å². The zero-order chi connectivity index (χ0) is 28.9. The summed E-state index contributed by atoms with van der Waals surface area (Å²) in [7, 11) is 1.62. The van der Waals surface area contributed by atoms with Crippen molar-refractivity contribution >= 4 is 22.5 Å². The van der Waals surface area contributed by atoms with E-state index in [4.69, 9.17) is 11.6 Å². The molecule has 3 heterocycles. The summed E-state index contributed by atoms with van der Waals surface area (Å²) in [4.78, 5) is 11.8. The fraction of sp³-hybridized carbons (Fsp3) is 0.207. The third-order valence-electron chi connectivity index (χ3n) is 6.73. The van der Waals surface area contributed by atoms with Gasteiger partial charge in [0.15, 0.2) is 5.60 Å². The SMILES string of the molecule is Cn1cncc1C(O)(c1ccc(C(F)(F)F)nc1)c1ccc2nc(C(C)(F)F)c(Cc3ccccc3)c(Cl)c2c1. The number of benzene rings is 2. The highest BCUT2D eigenvalue weighted by atomic mass is 35.5. The van der Waals surface area contributed by atoms with Crippen molar-refractivity contribution in [3.05, 3.63) is 124 Å². The largest absolute Gasteiger partial charge is 0.433 e. The van der Waals surface area contributed by atoms with E-state index in [0.29, 0.717) is 5.39 Å². The second-order valence-electron chi connectivity index (χ2n) is 9.57. The van der Waals surface area contributed by atoms with Crippen LogP contribution in [0.15, 0.2) is 79.4 Å². The van der Waals surface area contributed by atoms with Crippen LogP contribution in [0.25, 0.3) is 10.9 Å². The van der Waals surface area contributed by atoms with Gasteiger partial charge in [0.25, 0.3) is 5.92 Å². The number of aryl methyl sites for hydroxylation is 1. The van der Waals surface area contributed by atoms with Crippen LogP contribution in [0.1, 0.15) is 46.3 Å². The lowest BCUT2D eigenvalue weighted by atomic mass is 9.83. The summed E-state index contributed by atoms with van der Waals surface area (Å²) < 4.78 is 70.5. The maximum absolute atomic E-state index is 14.7. The number of aliphatic hydroxyl groups is 1. The Labute approximate surface area is 230 Å². The molecule has 0 saturated heterocycles. The van der Waals surface area contributed by atoms with Crippen LogP contribution in [0.2, 0.25) is 5.02 Å². The number of rotatable bonds is 6. The van der Waals surface area contributed by atoms with Crippen molar-refractivity contribution in [2.24, 2.45) is 7.05 Å². The zero-order valence-corrected chi connectivity index (χ0v) is 22.0. The minimum atomic E-state index is -4.67. The average molecular weight is 573 g/mol. The van der Waals surface area contributed by atoms with Gasteiger partial charge in [0.1, 0.15) is 11.4 Å². The Balaban J connectivity index is 1.74. The van der Waals surface area contributed by atoms with E-state index in [9.17, 15) is 27.1 Å². The van der Waals surface area contributed by atoms with Gasteiger partial charge in [0.05, 0.1) is 28.8 Å². The van der Waals surface area contributed by atoms with Gasteiger partial charge in [-0.1, -0.05) is 54.1 Å². The van der Waals surface area contributed by atoms with Crippen LogP contribution in [-0.2, 0) is 31.2 Å². The van der Waals surface area contributed by atoms with Crippen LogP contribution in [0.4, 0.5) is 22.0 Å². The van der Waals surface area contributed by atoms with Crippen molar-refractivity contribution in [2.75, 3.05) is 0 Å². The summed E-state index contributed by atoms with van der Waals surface area (Å²) in [5.74, 6) is -3.29. The lowest BCUT2D eigenvalue weighted by Gasteiger charge is -2.30. The second kappa shape index (κ2) is 9.94. The van der Waals surface area contributed by atoms with E-state index < -0.39 is 29.1 Å². The van der Waals surface area contributed by atoms with E-state index in [2.05, 4.69) is 15.0 Å². The van der Waals surface area contributed by atoms with E-state index in [-0.39, 0.29) is 39.3 Å². The van der Waals surface area contributed by atoms with Crippen molar-refractivity contribution in [1.82, 2.24) is 19.5 Å². The topological polar surface area (TPSA) is 63.8 Å². The smallest absolute Gasteiger partial charge is 0.374 e. The molecule has 1 atom stereocenters. The number of pyridine rings is 2. The fourth-order valence-electron chi connectivity index (χ4n) is 4.76. The number of fused-ring (bicyclic) bond motifs is 1. The summed E-state index contributed by atoms with van der Waals surface area (Å²) in [6.45, 7) is 0.749. The first-order valence-electron chi connectivity index (χ1n) is 12.1. The van der Waals surface area contributed by atoms with Gasteiger partial charge in [-0.05, 0) is 29.3 Å². The molecule has 1 unspecified atom stereocenters. The predicted octanol–water partition coefficient (Wildman–Crippen LogP) is 7.02. The lowest BCUT2D eigenvalue weighted by molar-refractivity contribution is -0.141. The Bertz CT molecular complexity index is 1680. The molecule has 0 aliphatic rings. The third-order valence-corrected chi connectivity index (χ3v) is 7.16. The van der Waals surface area contributed by atoms with Crippen LogP contribution in [0.5, 0.6) is 0 Å². The monoisotopic (exact) mass is 572 g/mol. The third kappa shape index (κ3) is 4.93. The van der Waals surface area contributed by atoms with Crippen LogP contribution < -0.4 is 0 Å². The van der Waals surface area contributed by atoms with Crippen molar-refractivity contribution in [3.63, 3.8) is 0 Å². The molecule has 0 spiro atoms. The molecule has 5 nitrogen and oxygen atoms in total. The Morgan fingerprint density at radius 2 is 1.62 bits per heavy atom. The summed E-state index contributed by atoms with van der Waals surface area (Å²) in [6.07, 6.45) is -0.828. The van der Waals surface area contributed by atoms with E-state index in [0.717, 1.165) is 30.8 Å². The molecular weight excluding hydrogens is 551 g/mol. The van der Waals surface area contributed by atoms with Gasteiger partial charge in [0, 0.05) is 43.1 Å². The molecule has 40 heavy (non-hydrogen) atoms. The van der Waals surface area contributed by atoms with Crippen LogP contribution in [0.3, 0.4) is 0 Å². The normalized spacial score (nSPS) is 13.9. The average Bonchev–Trinajstić information content (AvgIpc) is 3.35. The predicted molar refractivity (Wildman–Crippen MR) is 140 cm³/mol. The quantitative estimate of drug-likeness (QED) is 0.222. The molecule has 1 N–H and O–H groups in total. The van der Waals surface area contributed by atoms with Crippen LogP contribution in [0, 0.1) is 0 Å². The number of alkyl halides is 5. The molecule has 5 aromatic rings. The van der Waals surface area contributed by atoms with Crippen molar-refractivity contribution in [2.45, 2.75) is 31.0 Å². The fourth-order valence-corrected chi connectivity index (χ4v) is 5.06. The van der Waals surface area contributed by atoms with E-state index in [1.165, 1.54) is 35.3 Å². The molecule has 0 aliphatic carbocycles. The first-order valence-corrected chi connectivity index (χ1v) is 12.5. The van der Waals surface area contributed by atoms with Gasteiger partial charge in [-0.15, -0.1) is 0 Å². The molecule has 3 aromatic heterocycles. The van der Waals surface area contributed by atoms with Crippen LogP contribution in [-0.4, -0.2) is 24.6 Å². The molecule has 0 fully saturated rings. The highest BCUT2D eigenvalue weighted by Crippen LogP contribution is 2.42. The molecule has 0 aliphatic heterocycles. The van der Waals surface area contributed by atoms with Crippen LogP contribution >= 0.6 is 11.6 Å². The van der Waals surface area contributed by atoms with Crippen molar-refractivity contribution < 1.29 is 27.1 Å². The minimum absolute atomic E-state index is 0.0325. The molecule has 0 amide bonds. The summed E-state index contributed by atoms with van der Waals surface area (Å²) in [5.41, 5.74) is -2.08. The number of imidazole rings is 1. The molecule has 206 valence electrons. The lowest BCUT2D eigenvalue weighted by Crippen LogP contribution is -2.31. The number of hydrogen-bond donors (Lipinski definition) is 1. The van der Waals surface area contributed by atoms with Gasteiger partial charge >= 0.3 is 6.18 Å². The summed E-state index contributed by atoms with van der Waals surface area (Å²) >= 11 is 6.79. The minimum Gasteiger partial charge on any atom is -0.374 e. The molecule has 0 saturated carbocycles. The molecule has 0 radical (unpaired) electrons. The Hall–Kier alpha value is -3.89. The molecule has 2 aromatic carbocycles. The zero-order valence-electron chi connectivity index (χ0n) is 21.2. The molecular formula is C29H22ClF5N4O. The van der Waals surface area contributed by atoms with E-state index >= 15 is 0 Å².